The van der Waals surface area contributed by atoms with Gasteiger partial charge in [0.05, 0.1) is 28.7 Å². The van der Waals surface area contributed by atoms with Crippen LogP contribution in [0.3, 0.4) is 0 Å². The monoisotopic (exact) mass is 465 g/mol. The molecule has 0 spiro atoms. The third-order valence-corrected chi connectivity index (χ3v) is 6.26. The van der Waals surface area contributed by atoms with Crippen molar-refractivity contribution in [1.82, 2.24) is 4.98 Å². The third-order valence-electron chi connectivity index (χ3n) is 5.37. The number of carbonyl (C=O) groups is 2. The van der Waals surface area contributed by atoms with E-state index in [2.05, 4.69) is 10.3 Å². The second-order valence-electron chi connectivity index (χ2n) is 7.74. The van der Waals surface area contributed by atoms with E-state index in [0.717, 1.165) is 21.1 Å². The van der Waals surface area contributed by atoms with Gasteiger partial charge in [0.15, 0.2) is 6.10 Å². The number of nitrogens with zero attached hydrogens (tertiary/aromatic N) is 2. The molecule has 0 radical (unpaired) electrons. The van der Waals surface area contributed by atoms with Crippen LogP contribution in [0.5, 0.6) is 11.5 Å². The average Bonchev–Trinajstić information content (AvgIpc) is 3.14. The highest BCUT2D eigenvalue weighted by molar-refractivity contribution is 7.11. The molecule has 4 rings (SSSR count). The fraction of sp³-hybridized carbons (Fsp3) is 0.320. The van der Waals surface area contributed by atoms with Crippen molar-refractivity contribution in [3.05, 3.63) is 52.3 Å². The van der Waals surface area contributed by atoms with Crippen LogP contribution in [-0.2, 0) is 9.59 Å². The van der Waals surface area contributed by atoms with Gasteiger partial charge in [0.1, 0.15) is 18.0 Å². The number of para-hydroxylation sites is 2. The summed E-state index contributed by atoms with van der Waals surface area (Å²) in [5.74, 6) is 0.619. The zero-order valence-corrected chi connectivity index (χ0v) is 20.0. The van der Waals surface area contributed by atoms with Gasteiger partial charge in [-0.1, -0.05) is 19.1 Å². The van der Waals surface area contributed by atoms with Crippen molar-refractivity contribution in [3.63, 3.8) is 0 Å². The van der Waals surface area contributed by atoms with Gasteiger partial charge in [0.25, 0.3) is 5.91 Å². The lowest BCUT2D eigenvalue weighted by Crippen LogP contribution is -2.48. The maximum Gasteiger partial charge on any atom is 0.268 e. The minimum Gasteiger partial charge on any atom is -0.492 e. The van der Waals surface area contributed by atoms with Crippen molar-refractivity contribution in [2.45, 2.75) is 40.2 Å². The summed E-state index contributed by atoms with van der Waals surface area (Å²) in [5, 5.41) is 3.85. The van der Waals surface area contributed by atoms with Gasteiger partial charge in [-0.15, -0.1) is 11.3 Å². The summed E-state index contributed by atoms with van der Waals surface area (Å²) in [6, 6.07) is 12.9. The molecule has 0 fully saturated rings. The molecule has 1 N–H and O–H groups in total. The summed E-state index contributed by atoms with van der Waals surface area (Å²) in [5.41, 5.74) is 2.90. The molecule has 1 aromatic heterocycles. The van der Waals surface area contributed by atoms with E-state index in [0.29, 0.717) is 35.9 Å². The number of nitrogens with one attached hydrogen (secondary N) is 1. The number of hydrogen-bond donors (Lipinski definition) is 1. The van der Waals surface area contributed by atoms with Crippen LogP contribution in [0.2, 0.25) is 0 Å². The highest BCUT2D eigenvalue weighted by atomic mass is 32.1. The fourth-order valence-corrected chi connectivity index (χ4v) is 4.71. The first-order valence-electron chi connectivity index (χ1n) is 11.0. The normalized spacial score (nSPS) is 15.1. The van der Waals surface area contributed by atoms with Crippen LogP contribution in [0.4, 0.5) is 11.4 Å². The molecule has 7 nitrogen and oxygen atoms in total. The van der Waals surface area contributed by atoms with Crippen LogP contribution in [0.15, 0.2) is 42.5 Å². The number of aromatic nitrogens is 1. The Morgan fingerprint density at radius 2 is 2.00 bits per heavy atom. The highest BCUT2D eigenvalue weighted by Gasteiger charge is 2.35. The summed E-state index contributed by atoms with van der Waals surface area (Å²) >= 11 is 1.63. The Hall–Kier alpha value is -3.39. The summed E-state index contributed by atoms with van der Waals surface area (Å²) in [4.78, 5) is 33.4. The van der Waals surface area contributed by atoms with Crippen LogP contribution < -0.4 is 19.7 Å². The Balaban J connectivity index is 1.65. The van der Waals surface area contributed by atoms with Crippen molar-refractivity contribution in [1.29, 1.82) is 0 Å². The van der Waals surface area contributed by atoms with E-state index in [1.807, 2.05) is 58.0 Å². The van der Waals surface area contributed by atoms with Gasteiger partial charge >= 0.3 is 0 Å². The number of amides is 2. The minimum absolute atomic E-state index is 0.134. The van der Waals surface area contributed by atoms with Gasteiger partial charge in [-0.2, -0.15) is 0 Å². The molecule has 0 saturated heterocycles. The molecular formula is C25H27N3O4S. The van der Waals surface area contributed by atoms with Crippen molar-refractivity contribution in [2.24, 2.45) is 0 Å². The standard InChI is InChI=1S/C25H27N3O4S/c1-5-20-25(30)28(14-23(29)27-18-9-7-8-10-21(18)31-6-2)19-13-17(11-12-22(19)32-20)24-15(3)33-16(4)26-24/h7-13,20H,5-6,14H2,1-4H3,(H,27,29). The molecule has 33 heavy (non-hydrogen) atoms. The summed E-state index contributed by atoms with van der Waals surface area (Å²) in [6.07, 6.45) is -0.120. The van der Waals surface area contributed by atoms with E-state index in [1.54, 1.807) is 23.5 Å². The first-order chi connectivity index (χ1) is 15.9. The molecule has 172 valence electrons. The zero-order valence-electron chi connectivity index (χ0n) is 19.2. The first-order valence-corrected chi connectivity index (χ1v) is 11.8. The van der Waals surface area contributed by atoms with Gasteiger partial charge < -0.3 is 14.8 Å². The van der Waals surface area contributed by atoms with Gasteiger partial charge in [0, 0.05) is 10.4 Å². The van der Waals surface area contributed by atoms with Crippen LogP contribution >= 0.6 is 11.3 Å². The Morgan fingerprint density at radius 3 is 2.70 bits per heavy atom. The molecule has 1 unspecified atom stereocenters. The highest BCUT2D eigenvalue weighted by Crippen LogP contribution is 2.39. The smallest absolute Gasteiger partial charge is 0.268 e. The molecule has 1 aliphatic heterocycles. The van der Waals surface area contributed by atoms with E-state index in [1.165, 1.54) is 4.90 Å². The van der Waals surface area contributed by atoms with Crippen LogP contribution in [-0.4, -0.2) is 36.1 Å². The number of rotatable bonds is 7. The number of carbonyl (C=O) groups excluding carboxylic acids is 2. The molecule has 0 aliphatic carbocycles. The van der Waals surface area contributed by atoms with E-state index in [4.69, 9.17) is 9.47 Å². The quantitative estimate of drug-likeness (QED) is 0.533. The summed E-state index contributed by atoms with van der Waals surface area (Å²) in [6.45, 7) is 8.11. The summed E-state index contributed by atoms with van der Waals surface area (Å²) in [7, 11) is 0. The van der Waals surface area contributed by atoms with E-state index >= 15 is 0 Å². The lowest BCUT2D eigenvalue weighted by Gasteiger charge is -2.34. The number of ether oxygens (including phenoxy) is 2. The largest absolute Gasteiger partial charge is 0.492 e. The summed E-state index contributed by atoms with van der Waals surface area (Å²) < 4.78 is 11.5. The zero-order chi connectivity index (χ0) is 23.5. The molecule has 8 heteroatoms. The van der Waals surface area contributed by atoms with E-state index in [9.17, 15) is 9.59 Å². The number of thiazole rings is 1. The maximum atomic E-state index is 13.2. The molecule has 0 saturated carbocycles. The second kappa shape index (κ2) is 9.62. The molecule has 1 aliphatic rings. The number of fused-ring (bicyclic) bond motifs is 1. The SMILES string of the molecule is CCOc1ccccc1NC(=O)CN1C(=O)C(CC)Oc2ccc(-c3nc(C)sc3C)cc21. The Kier molecular flexibility index (Phi) is 6.65. The number of anilines is 2. The minimum atomic E-state index is -0.630. The van der Waals surface area contributed by atoms with Crippen molar-refractivity contribution >= 4 is 34.5 Å². The van der Waals surface area contributed by atoms with Crippen LogP contribution in [0, 0.1) is 13.8 Å². The predicted molar refractivity (Wildman–Crippen MR) is 130 cm³/mol. The second-order valence-corrected chi connectivity index (χ2v) is 9.14. The number of benzene rings is 2. The van der Waals surface area contributed by atoms with Gasteiger partial charge in [-0.25, -0.2) is 4.98 Å². The molecule has 0 bridgehead atoms. The van der Waals surface area contributed by atoms with Gasteiger partial charge in [-0.3, -0.25) is 14.5 Å². The van der Waals surface area contributed by atoms with Crippen molar-refractivity contribution in [2.75, 3.05) is 23.4 Å². The van der Waals surface area contributed by atoms with Crippen LogP contribution in [0.1, 0.15) is 30.2 Å². The van der Waals surface area contributed by atoms with Crippen LogP contribution in [0.25, 0.3) is 11.3 Å². The molecule has 2 aromatic carbocycles. The van der Waals surface area contributed by atoms with E-state index in [-0.39, 0.29) is 18.4 Å². The fourth-order valence-electron chi connectivity index (χ4n) is 3.87. The van der Waals surface area contributed by atoms with Crippen molar-refractivity contribution in [3.8, 4) is 22.8 Å². The predicted octanol–water partition coefficient (Wildman–Crippen LogP) is 4.97. The maximum absolute atomic E-state index is 13.2. The molecular weight excluding hydrogens is 438 g/mol. The van der Waals surface area contributed by atoms with Gasteiger partial charge in [-0.05, 0) is 57.5 Å². The molecule has 2 heterocycles. The number of aryl methyl sites for hydroxylation is 2. The lowest BCUT2D eigenvalue weighted by molar-refractivity contribution is -0.128. The lowest BCUT2D eigenvalue weighted by atomic mass is 10.1. The topological polar surface area (TPSA) is 80.8 Å². The third kappa shape index (κ3) is 4.71. The van der Waals surface area contributed by atoms with E-state index < -0.39 is 6.10 Å². The van der Waals surface area contributed by atoms with Gasteiger partial charge in [0.2, 0.25) is 5.91 Å². The molecule has 1 atom stereocenters. The average molecular weight is 466 g/mol. The molecule has 3 aromatic rings. The van der Waals surface area contributed by atoms with Crippen molar-refractivity contribution < 1.29 is 19.1 Å². The Labute approximate surface area is 197 Å². The first kappa shape index (κ1) is 22.8. The number of hydrogen-bond acceptors (Lipinski definition) is 6. The Morgan fingerprint density at radius 1 is 1.21 bits per heavy atom. The molecule has 2 amide bonds. The Bertz CT molecular complexity index is 1190.